The largest absolute Gasteiger partial charge is 0.370 e. The van der Waals surface area contributed by atoms with Crippen LogP contribution in [-0.2, 0) is 29.0 Å². The summed E-state index contributed by atoms with van der Waals surface area (Å²) in [5.41, 5.74) is 1.45. The molecular weight excluding hydrogens is 336 g/mol. The molecule has 2 aromatic rings. The van der Waals surface area contributed by atoms with Gasteiger partial charge in [-0.3, -0.25) is 4.84 Å². The van der Waals surface area contributed by atoms with E-state index in [0.29, 0.717) is 0 Å². The summed E-state index contributed by atoms with van der Waals surface area (Å²) in [6, 6.07) is 0. The maximum atomic E-state index is 5.49. The van der Waals surface area contributed by atoms with Gasteiger partial charge in [0, 0.05) is 11.9 Å². The third-order valence-corrected chi connectivity index (χ3v) is 6.51. The van der Waals surface area contributed by atoms with Crippen LogP contribution in [0.5, 0.6) is 0 Å². The fraction of sp³-hybridized carbons (Fsp3) is 0.667. The van der Waals surface area contributed by atoms with E-state index >= 15 is 0 Å². The minimum atomic E-state index is 0.759. The van der Waals surface area contributed by atoms with Gasteiger partial charge in [-0.05, 0) is 30.7 Å². The van der Waals surface area contributed by atoms with Gasteiger partial charge in [0.05, 0.1) is 25.7 Å². The highest BCUT2D eigenvalue weighted by Crippen LogP contribution is 2.40. The lowest BCUT2D eigenvalue weighted by molar-refractivity contribution is -0.922. The van der Waals surface area contributed by atoms with Gasteiger partial charge in [0.25, 0.3) is 0 Å². The van der Waals surface area contributed by atoms with Gasteiger partial charge < -0.3 is 9.64 Å². The molecule has 1 saturated heterocycles. The summed E-state index contributed by atoms with van der Waals surface area (Å²) >= 11 is 1.85. The van der Waals surface area contributed by atoms with Crippen LogP contribution in [-0.4, -0.2) is 50.4 Å². The van der Waals surface area contributed by atoms with E-state index in [1.807, 2.05) is 18.4 Å². The SMILES string of the molecule is CON(C)c1nc(C[NH+]2CCOCC2)nc2sc3c(c12)CC[C@H](C)C3. The standard InChI is InChI=1S/C18H26N4O2S/c1-12-4-5-13-14(10-12)25-18-16(13)17(21(2)23-3)19-15(20-18)11-22-6-8-24-9-7-22/h12H,4-11H2,1-3H3/p+1/t12-/m0/s1. The lowest BCUT2D eigenvalue weighted by atomic mass is 9.89. The van der Waals surface area contributed by atoms with E-state index in [1.165, 1.54) is 27.1 Å². The quantitative estimate of drug-likeness (QED) is 0.828. The van der Waals surface area contributed by atoms with E-state index in [9.17, 15) is 0 Å². The zero-order chi connectivity index (χ0) is 17.4. The molecule has 4 rings (SSSR count). The van der Waals surface area contributed by atoms with Crippen LogP contribution in [0, 0.1) is 5.92 Å². The molecule has 0 spiro atoms. The highest BCUT2D eigenvalue weighted by molar-refractivity contribution is 7.19. The smallest absolute Gasteiger partial charge is 0.187 e. The van der Waals surface area contributed by atoms with Crippen LogP contribution in [0.3, 0.4) is 0 Å². The minimum absolute atomic E-state index is 0.759. The van der Waals surface area contributed by atoms with Gasteiger partial charge in [-0.25, -0.2) is 15.0 Å². The molecule has 0 unspecified atom stereocenters. The summed E-state index contributed by atoms with van der Waals surface area (Å²) in [6.45, 7) is 6.89. The summed E-state index contributed by atoms with van der Waals surface area (Å²) in [4.78, 5) is 19.4. The number of hydroxylamine groups is 1. The number of aromatic nitrogens is 2. The maximum Gasteiger partial charge on any atom is 0.187 e. The van der Waals surface area contributed by atoms with E-state index in [4.69, 9.17) is 19.5 Å². The number of ether oxygens (including phenoxy) is 1. The zero-order valence-corrected chi connectivity index (χ0v) is 16.1. The fourth-order valence-corrected chi connectivity index (χ4v) is 5.22. The molecule has 1 aliphatic heterocycles. The number of anilines is 1. The Morgan fingerprint density at radius 1 is 1.32 bits per heavy atom. The van der Waals surface area contributed by atoms with Crippen LogP contribution in [0.15, 0.2) is 0 Å². The summed E-state index contributed by atoms with van der Waals surface area (Å²) in [6.07, 6.45) is 3.53. The Labute approximate surface area is 152 Å². The Morgan fingerprint density at radius 3 is 2.88 bits per heavy atom. The number of hydrogen-bond donors (Lipinski definition) is 1. The molecular formula is C18H27N4O2S+. The van der Waals surface area contributed by atoms with Crippen molar-refractivity contribution < 1.29 is 14.5 Å². The molecule has 2 aromatic heterocycles. The zero-order valence-electron chi connectivity index (χ0n) is 15.3. The molecule has 136 valence electrons. The number of nitrogens with one attached hydrogen (secondary N) is 1. The number of thiophene rings is 1. The molecule has 1 aliphatic carbocycles. The van der Waals surface area contributed by atoms with Crippen molar-refractivity contribution in [3.63, 3.8) is 0 Å². The Bertz CT molecular complexity index is 757. The minimum Gasteiger partial charge on any atom is -0.370 e. The first kappa shape index (κ1) is 17.1. The molecule has 6 nitrogen and oxygen atoms in total. The van der Waals surface area contributed by atoms with Crippen molar-refractivity contribution in [1.82, 2.24) is 9.97 Å². The van der Waals surface area contributed by atoms with Crippen LogP contribution in [0.2, 0.25) is 0 Å². The van der Waals surface area contributed by atoms with Crippen LogP contribution in [0.4, 0.5) is 5.82 Å². The Hall–Kier alpha value is -1.28. The fourth-order valence-electron chi connectivity index (χ4n) is 3.82. The maximum absolute atomic E-state index is 5.49. The second-order valence-electron chi connectivity index (χ2n) is 7.21. The van der Waals surface area contributed by atoms with Crippen LogP contribution in [0.1, 0.15) is 29.6 Å². The molecule has 2 aliphatic rings. The van der Waals surface area contributed by atoms with E-state index in [-0.39, 0.29) is 0 Å². The van der Waals surface area contributed by atoms with E-state index in [1.54, 1.807) is 12.2 Å². The van der Waals surface area contributed by atoms with Crippen molar-refractivity contribution in [3.05, 3.63) is 16.3 Å². The van der Waals surface area contributed by atoms with Gasteiger partial charge in [0.1, 0.15) is 24.5 Å². The van der Waals surface area contributed by atoms with Crippen LogP contribution < -0.4 is 9.96 Å². The van der Waals surface area contributed by atoms with Crippen molar-refractivity contribution in [2.24, 2.45) is 5.92 Å². The first-order chi connectivity index (χ1) is 12.2. The molecule has 25 heavy (non-hydrogen) atoms. The van der Waals surface area contributed by atoms with Crippen molar-refractivity contribution in [2.75, 3.05) is 45.5 Å². The molecule has 1 fully saturated rings. The highest BCUT2D eigenvalue weighted by atomic mass is 32.1. The Morgan fingerprint density at radius 2 is 2.12 bits per heavy atom. The van der Waals surface area contributed by atoms with Crippen molar-refractivity contribution in [3.8, 4) is 0 Å². The van der Waals surface area contributed by atoms with E-state index < -0.39 is 0 Å². The first-order valence-corrected chi connectivity index (χ1v) is 9.97. The van der Waals surface area contributed by atoms with Gasteiger partial charge in [-0.1, -0.05) is 6.92 Å². The number of fused-ring (bicyclic) bond motifs is 3. The topological polar surface area (TPSA) is 51.9 Å². The normalized spacial score (nSPS) is 21.5. The molecule has 0 aromatic carbocycles. The molecule has 0 saturated carbocycles. The Balaban J connectivity index is 1.75. The lowest BCUT2D eigenvalue weighted by Gasteiger charge is -2.24. The summed E-state index contributed by atoms with van der Waals surface area (Å²) in [7, 11) is 3.63. The van der Waals surface area contributed by atoms with Gasteiger partial charge >= 0.3 is 0 Å². The summed E-state index contributed by atoms with van der Waals surface area (Å²) in [5.74, 6) is 2.59. The summed E-state index contributed by atoms with van der Waals surface area (Å²) in [5, 5.41) is 2.99. The van der Waals surface area contributed by atoms with Gasteiger partial charge in [0.2, 0.25) is 0 Å². The molecule has 1 N–H and O–H groups in total. The van der Waals surface area contributed by atoms with Gasteiger partial charge in [-0.15, -0.1) is 11.3 Å². The second kappa shape index (κ2) is 7.15. The Kier molecular flexibility index (Phi) is 4.90. The third-order valence-electron chi connectivity index (χ3n) is 5.36. The average molecular weight is 364 g/mol. The van der Waals surface area contributed by atoms with E-state index in [0.717, 1.165) is 68.1 Å². The molecule has 3 heterocycles. The van der Waals surface area contributed by atoms with Crippen molar-refractivity contribution in [1.29, 1.82) is 0 Å². The number of morpholine rings is 1. The number of hydrogen-bond acceptors (Lipinski definition) is 6. The molecule has 0 radical (unpaired) electrons. The molecule has 1 atom stereocenters. The monoisotopic (exact) mass is 363 g/mol. The van der Waals surface area contributed by atoms with E-state index in [2.05, 4.69) is 6.92 Å². The predicted octanol–water partition coefficient (Wildman–Crippen LogP) is 1.23. The third kappa shape index (κ3) is 3.38. The van der Waals surface area contributed by atoms with Crippen molar-refractivity contribution in [2.45, 2.75) is 32.7 Å². The van der Waals surface area contributed by atoms with Crippen LogP contribution >= 0.6 is 11.3 Å². The number of quaternary nitrogens is 1. The van der Waals surface area contributed by atoms with Gasteiger partial charge in [-0.2, -0.15) is 0 Å². The second-order valence-corrected chi connectivity index (χ2v) is 8.30. The summed E-state index contributed by atoms with van der Waals surface area (Å²) < 4.78 is 5.46. The molecule has 0 bridgehead atoms. The molecule has 7 heteroatoms. The number of rotatable bonds is 4. The van der Waals surface area contributed by atoms with Gasteiger partial charge in [0.15, 0.2) is 11.6 Å². The molecule has 0 amide bonds. The lowest BCUT2D eigenvalue weighted by Crippen LogP contribution is -3.12. The van der Waals surface area contributed by atoms with Crippen LogP contribution in [0.25, 0.3) is 10.2 Å². The number of nitrogens with zero attached hydrogens (tertiary/aromatic N) is 3. The van der Waals surface area contributed by atoms with Crippen molar-refractivity contribution >= 4 is 27.4 Å². The predicted molar refractivity (Wildman–Crippen MR) is 99.2 cm³/mol. The highest BCUT2D eigenvalue weighted by Gasteiger charge is 2.26. The number of aryl methyl sites for hydroxylation is 1. The first-order valence-electron chi connectivity index (χ1n) is 9.16. The average Bonchev–Trinajstić information content (AvgIpc) is 2.98.